The molecule has 0 aromatic heterocycles. The number of rotatable bonds is 7. The van der Waals surface area contributed by atoms with Gasteiger partial charge in [-0.2, -0.15) is 0 Å². The molecule has 6 nitrogen and oxygen atoms in total. The molecule has 0 saturated carbocycles. The maximum absolute atomic E-state index is 11.8. The number of nitrogens with one attached hydrogen (secondary N) is 2. The van der Waals surface area contributed by atoms with Gasteiger partial charge >= 0.3 is 0 Å². The van der Waals surface area contributed by atoms with Crippen LogP contribution >= 0.6 is 0 Å². The molecule has 26 heavy (non-hydrogen) atoms. The van der Waals surface area contributed by atoms with E-state index in [1.54, 1.807) is 0 Å². The van der Waals surface area contributed by atoms with E-state index in [4.69, 9.17) is 0 Å². The van der Waals surface area contributed by atoms with E-state index >= 15 is 0 Å². The number of carbonyl (C=O) groups is 1. The third kappa shape index (κ3) is 6.78. The Morgan fingerprint density at radius 1 is 1.15 bits per heavy atom. The molecule has 0 aromatic rings. The first kappa shape index (κ1) is 21.0. The van der Waals surface area contributed by atoms with Crippen molar-refractivity contribution < 1.29 is 4.79 Å². The standard InChI is InChI=1S/C20H39N5O/c1-5-19(26)25-11-8-18(15-25)23-20(21-4)22-9-6-7-10-24-13-16(2)12-17(3)14-24/h16-18H,5-15H2,1-4H3,(H2,21,22,23). The monoisotopic (exact) mass is 365 g/mol. The van der Waals surface area contributed by atoms with E-state index in [0.717, 1.165) is 50.3 Å². The third-order valence-electron chi connectivity index (χ3n) is 5.55. The normalized spacial score (nSPS) is 27.6. The molecule has 0 bridgehead atoms. The van der Waals surface area contributed by atoms with Crippen LogP contribution in [0.2, 0.25) is 0 Å². The molecule has 3 unspecified atom stereocenters. The van der Waals surface area contributed by atoms with Crippen LogP contribution in [0.4, 0.5) is 0 Å². The Bertz CT molecular complexity index is 457. The average molecular weight is 366 g/mol. The van der Waals surface area contributed by atoms with Gasteiger partial charge in [0.25, 0.3) is 0 Å². The van der Waals surface area contributed by atoms with E-state index in [1.807, 2.05) is 18.9 Å². The Morgan fingerprint density at radius 3 is 2.54 bits per heavy atom. The topological polar surface area (TPSA) is 60.0 Å². The molecule has 150 valence electrons. The predicted octanol–water partition coefficient (Wildman–Crippen LogP) is 1.92. The van der Waals surface area contributed by atoms with Gasteiger partial charge in [-0.25, -0.2) is 0 Å². The first-order chi connectivity index (χ1) is 12.5. The molecule has 0 spiro atoms. The molecule has 0 radical (unpaired) electrons. The summed E-state index contributed by atoms with van der Waals surface area (Å²) in [5, 5.41) is 6.89. The fourth-order valence-corrected chi connectivity index (χ4v) is 4.36. The molecule has 1 amide bonds. The van der Waals surface area contributed by atoms with Gasteiger partial charge in [-0.15, -0.1) is 0 Å². The number of unbranched alkanes of at least 4 members (excludes halogenated alkanes) is 1. The van der Waals surface area contributed by atoms with Crippen molar-refractivity contribution in [3.63, 3.8) is 0 Å². The molecule has 3 atom stereocenters. The van der Waals surface area contributed by atoms with Crippen LogP contribution < -0.4 is 10.6 Å². The summed E-state index contributed by atoms with van der Waals surface area (Å²) in [7, 11) is 1.82. The molecule has 2 aliphatic rings. The molecular weight excluding hydrogens is 326 g/mol. The highest BCUT2D eigenvalue weighted by Gasteiger charge is 2.25. The summed E-state index contributed by atoms with van der Waals surface area (Å²) in [4.78, 5) is 20.7. The number of hydrogen-bond acceptors (Lipinski definition) is 3. The van der Waals surface area contributed by atoms with E-state index in [2.05, 4.69) is 34.4 Å². The summed E-state index contributed by atoms with van der Waals surface area (Å²) < 4.78 is 0. The summed E-state index contributed by atoms with van der Waals surface area (Å²) in [6.07, 6.45) is 5.35. The second kappa shape index (κ2) is 10.8. The van der Waals surface area contributed by atoms with Gasteiger partial charge < -0.3 is 20.4 Å². The molecule has 0 aromatic carbocycles. The van der Waals surface area contributed by atoms with Crippen LogP contribution in [-0.4, -0.2) is 74.0 Å². The highest BCUT2D eigenvalue weighted by atomic mass is 16.2. The number of nitrogens with zero attached hydrogens (tertiary/aromatic N) is 3. The summed E-state index contributed by atoms with van der Waals surface area (Å²) >= 11 is 0. The molecule has 2 fully saturated rings. The minimum atomic E-state index is 0.249. The van der Waals surface area contributed by atoms with E-state index in [0.29, 0.717) is 12.5 Å². The Morgan fingerprint density at radius 2 is 1.88 bits per heavy atom. The minimum Gasteiger partial charge on any atom is -0.356 e. The van der Waals surface area contributed by atoms with Gasteiger partial charge in [-0.3, -0.25) is 9.79 Å². The van der Waals surface area contributed by atoms with Crippen molar-refractivity contribution in [2.45, 2.75) is 58.9 Å². The molecule has 2 rings (SSSR count). The van der Waals surface area contributed by atoms with Crippen molar-refractivity contribution in [3.8, 4) is 0 Å². The number of amides is 1. The summed E-state index contributed by atoms with van der Waals surface area (Å²) in [5.74, 6) is 2.79. The van der Waals surface area contributed by atoms with Gasteiger partial charge in [-0.05, 0) is 44.1 Å². The van der Waals surface area contributed by atoms with Crippen LogP contribution in [0, 0.1) is 11.8 Å². The van der Waals surface area contributed by atoms with Crippen molar-refractivity contribution in [2.24, 2.45) is 16.8 Å². The maximum atomic E-state index is 11.8. The number of hydrogen-bond donors (Lipinski definition) is 2. The molecule has 2 aliphatic heterocycles. The van der Waals surface area contributed by atoms with Crippen LogP contribution in [0.25, 0.3) is 0 Å². The lowest BCUT2D eigenvalue weighted by molar-refractivity contribution is -0.129. The zero-order chi connectivity index (χ0) is 18.9. The van der Waals surface area contributed by atoms with Crippen molar-refractivity contribution in [1.82, 2.24) is 20.4 Å². The van der Waals surface area contributed by atoms with Gasteiger partial charge in [0.15, 0.2) is 5.96 Å². The summed E-state index contributed by atoms with van der Waals surface area (Å²) in [5.41, 5.74) is 0. The van der Waals surface area contributed by atoms with Crippen LogP contribution in [0.3, 0.4) is 0 Å². The first-order valence-electron chi connectivity index (χ1n) is 10.5. The summed E-state index contributed by atoms with van der Waals surface area (Å²) in [6, 6.07) is 0.313. The van der Waals surface area contributed by atoms with Gasteiger partial charge in [0.2, 0.25) is 5.91 Å². The molecule has 2 N–H and O–H groups in total. The number of aliphatic imine (C=N–C) groups is 1. The number of guanidine groups is 1. The Labute approximate surface area is 159 Å². The Balaban J connectivity index is 1.58. The first-order valence-corrected chi connectivity index (χ1v) is 10.5. The fraction of sp³-hybridized carbons (Fsp3) is 0.900. The molecular formula is C20H39N5O. The largest absolute Gasteiger partial charge is 0.356 e. The zero-order valence-electron chi connectivity index (χ0n) is 17.3. The van der Waals surface area contributed by atoms with E-state index in [9.17, 15) is 4.79 Å². The summed E-state index contributed by atoms with van der Waals surface area (Å²) in [6.45, 7) is 13.0. The van der Waals surface area contributed by atoms with Gasteiger partial charge in [0.05, 0.1) is 0 Å². The highest BCUT2D eigenvalue weighted by molar-refractivity contribution is 5.80. The average Bonchev–Trinajstić information content (AvgIpc) is 3.07. The van der Waals surface area contributed by atoms with Gasteiger partial charge in [0.1, 0.15) is 0 Å². The smallest absolute Gasteiger partial charge is 0.222 e. The van der Waals surface area contributed by atoms with Crippen molar-refractivity contribution in [1.29, 1.82) is 0 Å². The lowest BCUT2D eigenvalue weighted by Gasteiger charge is -2.34. The molecule has 2 heterocycles. The zero-order valence-corrected chi connectivity index (χ0v) is 17.3. The number of piperidine rings is 1. The van der Waals surface area contributed by atoms with Crippen LogP contribution in [0.1, 0.15) is 52.9 Å². The number of likely N-dealkylation sites (tertiary alicyclic amines) is 2. The number of carbonyl (C=O) groups excluding carboxylic acids is 1. The van der Waals surface area contributed by atoms with Crippen molar-refractivity contribution in [3.05, 3.63) is 0 Å². The molecule has 6 heteroatoms. The minimum absolute atomic E-state index is 0.249. The fourth-order valence-electron chi connectivity index (χ4n) is 4.36. The van der Waals surface area contributed by atoms with E-state index < -0.39 is 0 Å². The van der Waals surface area contributed by atoms with Gasteiger partial charge in [0, 0.05) is 52.2 Å². The third-order valence-corrected chi connectivity index (χ3v) is 5.55. The van der Waals surface area contributed by atoms with E-state index in [-0.39, 0.29) is 5.91 Å². The second-order valence-electron chi connectivity index (χ2n) is 8.23. The van der Waals surface area contributed by atoms with Crippen LogP contribution in [-0.2, 0) is 4.79 Å². The molecule has 2 saturated heterocycles. The van der Waals surface area contributed by atoms with Crippen molar-refractivity contribution >= 4 is 11.9 Å². The lowest BCUT2D eigenvalue weighted by Crippen LogP contribution is -2.45. The van der Waals surface area contributed by atoms with Crippen LogP contribution in [0.5, 0.6) is 0 Å². The lowest BCUT2D eigenvalue weighted by atomic mass is 9.92. The van der Waals surface area contributed by atoms with Crippen LogP contribution in [0.15, 0.2) is 4.99 Å². The Kier molecular flexibility index (Phi) is 8.69. The SMILES string of the molecule is CCC(=O)N1CCC(NC(=NC)NCCCCN2CC(C)CC(C)C2)C1. The highest BCUT2D eigenvalue weighted by Crippen LogP contribution is 2.20. The van der Waals surface area contributed by atoms with Crippen molar-refractivity contribution in [2.75, 3.05) is 46.3 Å². The quantitative estimate of drug-likeness (QED) is 0.411. The maximum Gasteiger partial charge on any atom is 0.222 e. The Hall–Kier alpha value is -1.30. The molecule has 0 aliphatic carbocycles. The second-order valence-corrected chi connectivity index (χ2v) is 8.23. The predicted molar refractivity (Wildman–Crippen MR) is 108 cm³/mol. The van der Waals surface area contributed by atoms with Gasteiger partial charge in [-0.1, -0.05) is 20.8 Å². The van der Waals surface area contributed by atoms with E-state index in [1.165, 1.54) is 32.5 Å².